The van der Waals surface area contributed by atoms with Crippen molar-refractivity contribution in [1.29, 1.82) is 0 Å². The second kappa shape index (κ2) is 6.05. The molecule has 124 valence electrons. The Morgan fingerprint density at radius 2 is 2.22 bits per heavy atom. The van der Waals surface area contributed by atoms with Crippen molar-refractivity contribution in [2.75, 3.05) is 6.54 Å². The molecular formula is C14H17F2N5O2. The summed E-state index contributed by atoms with van der Waals surface area (Å²) in [6.07, 6.45) is 2.57. The van der Waals surface area contributed by atoms with Crippen LogP contribution in [-0.2, 0) is 0 Å². The number of nitrogens with zero attached hydrogens (tertiary/aromatic N) is 5. The molecule has 23 heavy (non-hydrogen) atoms. The summed E-state index contributed by atoms with van der Waals surface area (Å²) >= 11 is 0. The lowest BCUT2D eigenvalue weighted by Crippen LogP contribution is -2.31. The molecule has 9 heteroatoms. The Morgan fingerprint density at radius 1 is 1.43 bits per heavy atom. The van der Waals surface area contributed by atoms with Crippen LogP contribution >= 0.6 is 0 Å². The van der Waals surface area contributed by atoms with Gasteiger partial charge in [-0.15, -0.1) is 0 Å². The van der Waals surface area contributed by atoms with Gasteiger partial charge in [0.05, 0.1) is 0 Å². The van der Waals surface area contributed by atoms with E-state index in [9.17, 15) is 13.6 Å². The van der Waals surface area contributed by atoms with E-state index in [-0.39, 0.29) is 17.7 Å². The molecule has 0 spiro atoms. The first-order chi connectivity index (χ1) is 11.0. The quantitative estimate of drug-likeness (QED) is 0.864. The van der Waals surface area contributed by atoms with E-state index in [1.165, 1.54) is 6.07 Å². The van der Waals surface area contributed by atoms with E-state index < -0.39 is 12.5 Å². The lowest BCUT2D eigenvalue weighted by atomic mass is 10.2. The van der Waals surface area contributed by atoms with Crippen molar-refractivity contribution in [3.63, 3.8) is 0 Å². The third-order valence-corrected chi connectivity index (χ3v) is 3.80. The molecule has 3 heterocycles. The van der Waals surface area contributed by atoms with E-state index in [1.807, 2.05) is 13.8 Å². The average molecular weight is 325 g/mol. The molecule has 1 atom stereocenters. The van der Waals surface area contributed by atoms with Crippen LogP contribution in [0.25, 0.3) is 0 Å². The van der Waals surface area contributed by atoms with Gasteiger partial charge in [-0.3, -0.25) is 4.79 Å². The second-order valence-electron chi connectivity index (χ2n) is 5.76. The summed E-state index contributed by atoms with van der Waals surface area (Å²) in [4.78, 5) is 18.4. The third-order valence-electron chi connectivity index (χ3n) is 3.80. The minimum absolute atomic E-state index is 0.0131. The maximum absolute atomic E-state index is 12.6. The highest BCUT2D eigenvalue weighted by molar-refractivity contribution is 5.92. The lowest BCUT2D eigenvalue weighted by molar-refractivity contribution is 0.0547. The summed E-state index contributed by atoms with van der Waals surface area (Å²) in [6.45, 7) is 1.63. The number of rotatable bonds is 4. The molecular weight excluding hydrogens is 308 g/mol. The molecule has 0 bridgehead atoms. The van der Waals surface area contributed by atoms with E-state index in [4.69, 9.17) is 4.52 Å². The molecule has 0 aromatic carbocycles. The molecule has 2 aromatic rings. The first kappa shape index (κ1) is 15.6. The van der Waals surface area contributed by atoms with Crippen molar-refractivity contribution >= 4 is 5.91 Å². The van der Waals surface area contributed by atoms with Gasteiger partial charge in [-0.1, -0.05) is 19.0 Å². The molecule has 1 unspecified atom stereocenters. The van der Waals surface area contributed by atoms with Crippen molar-refractivity contribution in [2.24, 2.45) is 0 Å². The highest BCUT2D eigenvalue weighted by Gasteiger charge is 2.35. The van der Waals surface area contributed by atoms with E-state index in [0.717, 1.165) is 12.6 Å². The monoisotopic (exact) mass is 325 g/mol. The second-order valence-corrected chi connectivity index (χ2v) is 5.76. The number of likely N-dealkylation sites (tertiary alicyclic amines) is 1. The van der Waals surface area contributed by atoms with Gasteiger partial charge in [0.15, 0.2) is 11.5 Å². The number of carbonyl (C=O) groups is 1. The van der Waals surface area contributed by atoms with Crippen LogP contribution in [0.2, 0.25) is 0 Å². The number of carbonyl (C=O) groups excluding carboxylic acids is 1. The van der Waals surface area contributed by atoms with Gasteiger partial charge in [0.1, 0.15) is 6.04 Å². The summed E-state index contributed by atoms with van der Waals surface area (Å²) < 4.78 is 30.9. The fourth-order valence-corrected chi connectivity index (χ4v) is 2.59. The molecule has 0 saturated carbocycles. The van der Waals surface area contributed by atoms with E-state index in [1.54, 1.807) is 4.90 Å². The summed E-state index contributed by atoms with van der Waals surface area (Å²) in [6, 6.07) is 0.955. The van der Waals surface area contributed by atoms with Gasteiger partial charge >= 0.3 is 6.55 Å². The Morgan fingerprint density at radius 3 is 2.83 bits per heavy atom. The largest absolute Gasteiger partial charge is 0.337 e. The third kappa shape index (κ3) is 2.95. The average Bonchev–Trinajstić information content (AvgIpc) is 3.24. The zero-order valence-electron chi connectivity index (χ0n) is 12.8. The number of amides is 1. The Labute approximate surface area is 131 Å². The number of halogens is 2. The minimum Gasteiger partial charge on any atom is -0.337 e. The van der Waals surface area contributed by atoms with Crippen LogP contribution in [0.5, 0.6) is 0 Å². The predicted molar refractivity (Wildman–Crippen MR) is 74.9 cm³/mol. The fourth-order valence-electron chi connectivity index (χ4n) is 2.59. The molecule has 1 fully saturated rings. The van der Waals surface area contributed by atoms with Gasteiger partial charge < -0.3 is 9.42 Å². The lowest BCUT2D eigenvalue weighted by Gasteiger charge is -2.20. The van der Waals surface area contributed by atoms with Gasteiger partial charge in [0.2, 0.25) is 5.89 Å². The topological polar surface area (TPSA) is 77.0 Å². The molecule has 0 aliphatic carbocycles. The fraction of sp³-hybridized carbons (Fsp3) is 0.571. The van der Waals surface area contributed by atoms with Gasteiger partial charge in [0.25, 0.3) is 5.91 Å². The Balaban J connectivity index is 1.81. The predicted octanol–water partition coefficient (Wildman–Crippen LogP) is 2.76. The summed E-state index contributed by atoms with van der Waals surface area (Å²) in [5, 5.41) is 7.54. The first-order valence-corrected chi connectivity index (χ1v) is 7.45. The van der Waals surface area contributed by atoms with Crippen molar-refractivity contribution in [3.05, 3.63) is 29.7 Å². The van der Waals surface area contributed by atoms with E-state index in [0.29, 0.717) is 29.4 Å². The van der Waals surface area contributed by atoms with Crippen molar-refractivity contribution in [3.8, 4) is 0 Å². The summed E-state index contributed by atoms with van der Waals surface area (Å²) in [7, 11) is 0. The van der Waals surface area contributed by atoms with Crippen LogP contribution in [0.15, 0.2) is 16.8 Å². The number of hydrogen-bond acceptors (Lipinski definition) is 5. The van der Waals surface area contributed by atoms with Gasteiger partial charge in [0, 0.05) is 18.7 Å². The van der Waals surface area contributed by atoms with Gasteiger partial charge in [-0.2, -0.15) is 18.9 Å². The summed E-state index contributed by atoms with van der Waals surface area (Å²) in [5.41, 5.74) is -0.0131. The Kier molecular flexibility index (Phi) is 4.10. The molecule has 1 aliphatic rings. The maximum atomic E-state index is 12.6. The number of aromatic nitrogens is 4. The summed E-state index contributed by atoms with van der Waals surface area (Å²) in [5.74, 6) is 0.685. The molecule has 2 aromatic heterocycles. The molecule has 7 nitrogen and oxygen atoms in total. The highest BCUT2D eigenvalue weighted by atomic mass is 19.3. The van der Waals surface area contributed by atoms with Gasteiger partial charge in [-0.25, -0.2) is 4.68 Å². The Bertz CT molecular complexity index is 697. The number of hydrogen-bond donors (Lipinski definition) is 0. The molecule has 1 saturated heterocycles. The SMILES string of the molecule is CC(C)c1noc(C2CCCN2C(=O)c2ccn(C(F)F)n2)n1. The van der Waals surface area contributed by atoms with Crippen molar-refractivity contribution in [1.82, 2.24) is 24.8 Å². The minimum atomic E-state index is -2.77. The first-order valence-electron chi connectivity index (χ1n) is 7.45. The highest BCUT2D eigenvalue weighted by Crippen LogP contribution is 2.32. The zero-order chi connectivity index (χ0) is 16.6. The molecule has 1 aliphatic heterocycles. The van der Waals surface area contributed by atoms with Gasteiger partial charge in [-0.05, 0) is 18.9 Å². The van der Waals surface area contributed by atoms with Crippen LogP contribution in [0.3, 0.4) is 0 Å². The van der Waals surface area contributed by atoms with E-state index in [2.05, 4.69) is 15.2 Å². The van der Waals surface area contributed by atoms with Crippen LogP contribution in [-0.4, -0.2) is 37.3 Å². The smallest absolute Gasteiger partial charge is 0.333 e. The van der Waals surface area contributed by atoms with Crippen LogP contribution in [0.4, 0.5) is 8.78 Å². The molecule has 1 amide bonds. The molecule has 0 N–H and O–H groups in total. The van der Waals surface area contributed by atoms with Crippen LogP contribution < -0.4 is 0 Å². The normalized spacial score (nSPS) is 18.3. The van der Waals surface area contributed by atoms with E-state index >= 15 is 0 Å². The van der Waals surface area contributed by atoms with Crippen LogP contribution in [0.1, 0.15) is 67.4 Å². The number of alkyl halides is 2. The molecule has 0 radical (unpaired) electrons. The van der Waals surface area contributed by atoms with Crippen molar-refractivity contribution in [2.45, 2.75) is 45.2 Å². The van der Waals surface area contributed by atoms with Crippen molar-refractivity contribution < 1.29 is 18.1 Å². The molecule has 3 rings (SSSR count). The zero-order valence-corrected chi connectivity index (χ0v) is 12.8. The maximum Gasteiger partial charge on any atom is 0.333 e. The standard InChI is InChI=1S/C14H17F2N5O2/c1-8(2)11-17-12(23-19-11)10-4-3-6-20(10)13(22)9-5-7-21(18-9)14(15)16/h5,7-8,10,14H,3-4,6H2,1-2H3. The van der Waals surface area contributed by atoms with Crippen LogP contribution in [0, 0.1) is 0 Å². The Hall–Kier alpha value is -2.32.